The minimum Gasteiger partial charge on any atom is -0.404 e. The molecule has 1 aromatic rings. The maximum Gasteiger partial charge on any atom is 0.149 e. The highest BCUT2D eigenvalue weighted by Gasteiger charge is 2.11. The van der Waals surface area contributed by atoms with Crippen LogP contribution in [0.3, 0.4) is 0 Å². The van der Waals surface area contributed by atoms with Gasteiger partial charge in [-0.2, -0.15) is 0 Å². The number of amidine groups is 1. The third-order valence-corrected chi connectivity index (χ3v) is 3.92. The van der Waals surface area contributed by atoms with E-state index in [1.807, 2.05) is 25.1 Å². The molecule has 0 heterocycles. The van der Waals surface area contributed by atoms with Crippen LogP contribution < -0.4 is 11.1 Å². The van der Waals surface area contributed by atoms with E-state index in [1.165, 1.54) is 12.3 Å². The summed E-state index contributed by atoms with van der Waals surface area (Å²) < 4.78 is 13.7. The smallest absolute Gasteiger partial charge is 0.149 e. The number of aliphatic imine (C=N–C) groups is 3. The van der Waals surface area contributed by atoms with E-state index in [-0.39, 0.29) is 11.7 Å². The predicted octanol–water partition coefficient (Wildman–Crippen LogP) is 4.65. The van der Waals surface area contributed by atoms with Gasteiger partial charge in [0, 0.05) is 25.4 Å². The van der Waals surface area contributed by atoms with E-state index < -0.39 is 0 Å². The Hall–Kier alpha value is -3.54. The first-order chi connectivity index (χ1) is 14.1. The molecule has 152 valence electrons. The standard InChI is InChI=1S/C23H28FN5/c1-5-18(19-8-7-9-21(24)17-19)16-20(11-15-28-6-2)22(12-14-26-3)29-23(27-4)10-13-25/h6-18,28H,2-3,5,25H2,1,4H3/b13-10?,14-12-,15-11-,20-16+,27-23?,29-22?. The number of hydrogen-bond donors (Lipinski definition) is 2. The summed E-state index contributed by atoms with van der Waals surface area (Å²) in [5.41, 5.74) is 7.76. The molecule has 1 atom stereocenters. The maximum atomic E-state index is 13.7. The Morgan fingerprint density at radius 1 is 1.31 bits per heavy atom. The zero-order valence-electron chi connectivity index (χ0n) is 16.9. The fourth-order valence-corrected chi connectivity index (χ4v) is 2.53. The van der Waals surface area contributed by atoms with Crippen molar-refractivity contribution >= 4 is 18.3 Å². The van der Waals surface area contributed by atoms with Gasteiger partial charge in [-0.15, -0.1) is 0 Å². The van der Waals surface area contributed by atoms with Gasteiger partial charge in [0.25, 0.3) is 0 Å². The molecular formula is C23H28FN5. The fourth-order valence-electron chi connectivity index (χ4n) is 2.53. The summed E-state index contributed by atoms with van der Waals surface area (Å²) in [5, 5.41) is 2.93. The van der Waals surface area contributed by atoms with Crippen LogP contribution >= 0.6 is 0 Å². The molecule has 0 spiro atoms. The van der Waals surface area contributed by atoms with Crippen molar-refractivity contribution in [3.8, 4) is 0 Å². The Kier molecular flexibility index (Phi) is 11.0. The Morgan fingerprint density at radius 2 is 2.10 bits per heavy atom. The first kappa shape index (κ1) is 23.5. The number of halogens is 1. The van der Waals surface area contributed by atoms with Crippen molar-refractivity contribution < 1.29 is 4.39 Å². The van der Waals surface area contributed by atoms with E-state index in [0.29, 0.717) is 11.5 Å². The van der Waals surface area contributed by atoms with Crippen molar-refractivity contribution in [1.82, 2.24) is 5.32 Å². The molecular weight excluding hydrogens is 365 g/mol. The van der Waals surface area contributed by atoms with Crippen LogP contribution in [-0.4, -0.2) is 25.3 Å². The number of nitrogens with zero attached hydrogens (tertiary/aromatic N) is 3. The zero-order valence-corrected chi connectivity index (χ0v) is 16.9. The van der Waals surface area contributed by atoms with E-state index in [1.54, 1.807) is 49.9 Å². The van der Waals surface area contributed by atoms with Crippen LogP contribution in [0.15, 0.2) is 100 Å². The summed E-state index contributed by atoms with van der Waals surface area (Å²) in [6, 6.07) is 6.59. The van der Waals surface area contributed by atoms with Gasteiger partial charge >= 0.3 is 0 Å². The summed E-state index contributed by atoms with van der Waals surface area (Å²) in [4.78, 5) is 12.5. The van der Waals surface area contributed by atoms with Crippen molar-refractivity contribution in [2.45, 2.75) is 19.3 Å². The van der Waals surface area contributed by atoms with Gasteiger partial charge in [-0.05, 0) is 67.0 Å². The van der Waals surface area contributed by atoms with Crippen LogP contribution in [-0.2, 0) is 0 Å². The molecule has 1 aromatic carbocycles. The van der Waals surface area contributed by atoms with Gasteiger partial charge < -0.3 is 11.1 Å². The van der Waals surface area contributed by atoms with Crippen LogP contribution in [0.1, 0.15) is 24.8 Å². The second kappa shape index (κ2) is 13.6. The van der Waals surface area contributed by atoms with E-state index in [2.05, 4.69) is 33.6 Å². The molecule has 3 N–H and O–H groups in total. The molecule has 0 saturated carbocycles. The minimum atomic E-state index is -0.266. The third kappa shape index (κ3) is 8.34. The molecule has 0 saturated heterocycles. The van der Waals surface area contributed by atoms with Crippen LogP contribution in [0.4, 0.5) is 4.39 Å². The van der Waals surface area contributed by atoms with Gasteiger partial charge in [-0.3, -0.25) is 9.98 Å². The van der Waals surface area contributed by atoms with Gasteiger partial charge in [0.15, 0.2) is 0 Å². The van der Waals surface area contributed by atoms with E-state index >= 15 is 0 Å². The number of nitrogens with two attached hydrogens (primary N) is 1. The van der Waals surface area contributed by atoms with Crippen LogP contribution in [0, 0.1) is 5.82 Å². The average molecular weight is 394 g/mol. The van der Waals surface area contributed by atoms with Crippen molar-refractivity contribution in [3.05, 3.63) is 96.9 Å². The molecule has 1 unspecified atom stereocenters. The van der Waals surface area contributed by atoms with Crippen molar-refractivity contribution in [1.29, 1.82) is 0 Å². The van der Waals surface area contributed by atoms with Gasteiger partial charge in [-0.1, -0.05) is 31.7 Å². The number of nitrogens with one attached hydrogen (secondary N) is 1. The lowest BCUT2D eigenvalue weighted by molar-refractivity contribution is 0.623. The van der Waals surface area contributed by atoms with Gasteiger partial charge in [0.1, 0.15) is 11.7 Å². The average Bonchev–Trinajstić information content (AvgIpc) is 2.73. The molecule has 5 nitrogen and oxygen atoms in total. The number of hydrogen-bond acceptors (Lipinski definition) is 4. The second-order valence-electron chi connectivity index (χ2n) is 5.83. The quantitative estimate of drug-likeness (QED) is 0.345. The van der Waals surface area contributed by atoms with Crippen molar-refractivity contribution in [3.63, 3.8) is 0 Å². The van der Waals surface area contributed by atoms with Gasteiger partial charge in [-0.25, -0.2) is 9.38 Å². The first-order valence-electron chi connectivity index (χ1n) is 9.16. The van der Waals surface area contributed by atoms with E-state index in [0.717, 1.165) is 17.6 Å². The van der Waals surface area contributed by atoms with Crippen LogP contribution in [0.2, 0.25) is 0 Å². The monoisotopic (exact) mass is 393 g/mol. The Balaban J connectivity index is 3.56. The molecule has 0 aromatic heterocycles. The Morgan fingerprint density at radius 3 is 2.69 bits per heavy atom. The Labute approximate surface area is 172 Å². The summed E-state index contributed by atoms with van der Waals surface area (Å²) in [7, 11) is 1.63. The predicted molar refractivity (Wildman–Crippen MR) is 123 cm³/mol. The Bertz CT molecular complexity index is 860. The molecule has 0 aliphatic rings. The topological polar surface area (TPSA) is 75.1 Å². The molecule has 1 rings (SSSR count). The largest absolute Gasteiger partial charge is 0.404 e. The van der Waals surface area contributed by atoms with Crippen LogP contribution in [0.25, 0.3) is 0 Å². The molecule has 0 aliphatic carbocycles. The summed E-state index contributed by atoms with van der Waals surface area (Å²) >= 11 is 0. The lowest BCUT2D eigenvalue weighted by Crippen LogP contribution is -2.06. The first-order valence-corrected chi connectivity index (χ1v) is 9.16. The lowest BCUT2D eigenvalue weighted by atomic mass is 9.92. The normalized spacial score (nSPS) is 14.7. The van der Waals surface area contributed by atoms with Crippen LogP contribution in [0.5, 0.6) is 0 Å². The molecule has 6 heteroatoms. The lowest BCUT2D eigenvalue weighted by Gasteiger charge is -2.14. The third-order valence-electron chi connectivity index (χ3n) is 3.92. The summed E-state index contributed by atoms with van der Waals surface area (Å²) in [6.45, 7) is 9.16. The van der Waals surface area contributed by atoms with Gasteiger partial charge in [0.05, 0.1) is 5.71 Å². The number of benzene rings is 1. The highest BCUT2D eigenvalue weighted by molar-refractivity contribution is 6.16. The van der Waals surface area contributed by atoms with Gasteiger partial charge in [0.2, 0.25) is 0 Å². The molecule has 0 radical (unpaired) electrons. The highest BCUT2D eigenvalue weighted by atomic mass is 19.1. The molecule has 0 bridgehead atoms. The number of allylic oxidation sites excluding steroid dienone is 4. The fraction of sp³-hybridized carbons (Fsp3) is 0.174. The summed E-state index contributed by atoms with van der Waals surface area (Å²) in [6.07, 6.45) is 14.2. The zero-order chi connectivity index (χ0) is 21.5. The highest BCUT2D eigenvalue weighted by Crippen LogP contribution is 2.24. The minimum absolute atomic E-state index is 0.0172. The molecule has 0 amide bonds. The van der Waals surface area contributed by atoms with E-state index in [4.69, 9.17) is 5.73 Å². The second-order valence-corrected chi connectivity index (χ2v) is 5.83. The number of rotatable bonds is 10. The summed E-state index contributed by atoms with van der Waals surface area (Å²) in [5.74, 6) is 0.167. The van der Waals surface area contributed by atoms with E-state index in [9.17, 15) is 4.39 Å². The molecule has 0 aliphatic heterocycles. The van der Waals surface area contributed by atoms with Crippen molar-refractivity contribution in [2.24, 2.45) is 20.7 Å². The molecule has 29 heavy (non-hydrogen) atoms. The molecule has 0 fully saturated rings. The SMILES string of the molecule is C=CN/C=C\C(=C/C(CC)c1cccc(F)c1)C(/C=C\N=C)=NC(C=CN)=NC. The maximum absolute atomic E-state index is 13.7. The van der Waals surface area contributed by atoms with Crippen molar-refractivity contribution in [2.75, 3.05) is 7.05 Å².